The van der Waals surface area contributed by atoms with Crippen molar-refractivity contribution in [2.45, 2.75) is 19.5 Å². The van der Waals surface area contributed by atoms with Crippen LogP contribution in [0, 0.1) is 0 Å². The molecule has 1 atom stereocenters. The molecule has 0 bridgehead atoms. The van der Waals surface area contributed by atoms with Crippen LogP contribution in [-0.4, -0.2) is 12.2 Å². The standard InChI is InChI=1S/C16H18ClNO2/c1-11(12-5-3-6-13(9-12)20-2)18-10-14-15(17)7-4-8-16(14)19/h3-9,11,18-19H,10H2,1-2H3/t11-/m0/s1. The lowest BCUT2D eigenvalue weighted by atomic mass is 10.1. The Labute approximate surface area is 124 Å². The highest BCUT2D eigenvalue weighted by atomic mass is 35.5. The van der Waals surface area contributed by atoms with Gasteiger partial charge in [-0.25, -0.2) is 0 Å². The summed E-state index contributed by atoms with van der Waals surface area (Å²) in [5.74, 6) is 1.04. The number of phenolic OH excluding ortho intramolecular Hbond substituents is 1. The smallest absolute Gasteiger partial charge is 0.121 e. The topological polar surface area (TPSA) is 41.5 Å². The summed E-state index contributed by atoms with van der Waals surface area (Å²) < 4.78 is 5.22. The van der Waals surface area contributed by atoms with Gasteiger partial charge in [0.15, 0.2) is 0 Å². The fourth-order valence-electron chi connectivity index (χ4n) is 2.01. The van der Waals surface area contributed by atoms with Crippen LogP contribution in [0.4, 0.5) is 0 Å². The Bertz CT molecular complexity index is 566. The van der Waals surface area contributed by atoms with Crippen LogP contribution in [0.2, 0.25) is 5.02 Å². The van der Waals surface area contributed by atoms with Gasteiger partial charge in [0.2, 0.25) is 0 Å². The zero-order valence-electron chi connectivity index (χ0n) is 11.6. The van der Waals surface area contributed by atoms with E-state index in [4.69, 9.17) is 16.3 Å². The van der Waals surface area contributed by atoms with Crippen molar-refractivity contribution >= 4 is 11.6 Å². The van der Waals surface area contributed by atoms with Crippen LogP contribution in [0.5, 0.6) is 11.5 Å². The first kappa shape index (κ1) is 14.7. The van der Waals surface area contributed by atoms with Crippen LogP contribution in [-0.2, 0) is 6.54 Å². The quantitative estimate of drug-likeness (QED) is 0.878. The third-order valence-corrected chi connectivity index (χ3v) is 3.63. The van der Waals surface area contributed by atoms with Crippen LogP contribution < -0.4 is 10.1 Å². The molecule has 4 heteroatoms. The van der Waals surface area contributed by atoms with Crippen LogP contribution >= 0.6 is 11.6 Å². The maximum atomic E-state index is 9.81. The third kappa shape index (κ3) is 3.44. The van der Waals surface area contributed by atoms with Gasteiger partial charge in [0.1, 0.15) is 11.5 Å². The van der Waals surface area contributed by atoms with E-state index in [2.05, 4.69) is 12.2 Å². The number of hydrogen-bond donors (Lipinski definition) is 2. The van der Waals surface area contributed by atoms with E-state index in [0.717, 1.165) is 11.3 Å². The highest BCUT2D eigenvalue weighted by Gasteiger charge is 2.10. The van der Waals surface area contributed by atoms with Gasteiger partial charge in [-0.3, -0.25) is 0 Å². The van der Waals surface area contributed by atoms with Crippen LogP contribution in [0.3, 0.4) is 0 Å². The first-order chi connectivity index (χ1) is 9.61. The molecule has 0 radical (unpaired) electrons. The minimum atomic E-state index is 0.126. The molecule has 2 N–H and O–H groups in total. The molecule has 0 fully saturated rings. The average molecular weight is 292 g/mol. The second-order valence-electron chi connectivity index (χ2n) is 4.62. The van der Waals surface area contributed by atoms with Gasteiger partial charge in [-0.2, -0.15) is 0 Å². The Balaban J connectivity index is 2.06. The number of rotatable bonds is 5. The summed E-state index contributed by atoms with van der Waals surface area (Å²) in [5.41, 5.74) is 1.83. The van der Waals surface area contributed by atoms with Crippen molar-refractivity contribution in [1.29, 1.82) is 0 Å². The normalized spacial score (nSPS) is 12.2. The number of hydrogen-bond acceptors (Lipinski definition) is 3. The zero-order chi connectivity index (χ0) is 14.5. The highest BCUT2D eigenvalue weighted by molar-refractivity contribution is 6.31. The monoisotopic (exact) mass is 291 g/mol. The number of phenols is 1. The SMILES string of the molecule is COc1cccc([C@H](C)NCc2c(O)cccc2Cl)c1. The van der Waals surface area contributed by atoms with Crippen molar-refractivity contribution in [1.82, 2.24) is 5.32 Å². The van der Waals surface area contributed by atoms with Gasteiger partial charge >= 0.3 is 0 Å². The zero-order valence-corrected chi connectivity index (χ0v) is 12.3. The van der Waals surface area contributed by atoms with Crippen molar-refractivity contribution in [3.05, 3.63) is 58.6 Å². The average Bonchev–Trinajstić information content (AvgIpc) is 2.46. The molecule has 2 aromatic rings. The van der Waals surface area contributed by atoms with E-state index in [-0.39, 0.29) is 11.8 Å². The molecule has 2 aromatic carbocycles. The largest absolute Gasteiger partial charge is 0.508 e. The first-order valence-corrected chi connectivity index (χ1v) is 6.83. The van der Waals surface area contributed by atoms with Gasteiger partial charge < -0.3 is 15.2 Å². The molecule has 3 nitrogen and oxygen atoms in total. The number of ether oxygens (including phenoxy) is 1. The van der Waals surface area contributed by atoms with Crippen LogP contribution in [0.15, 0.2) is 42.5 Å². The Morgan fingerprint density at radius 3 is 2.70 bits per heavy atom. The third-order valence-electron chi connectivity index (χ3n) is 3.27. The Morgan fingerprint density at radius 1 is 1.25 bits per heavy atom. The van der Waals surface area contributed by atoms with Crippen LogP contribution in [0.25, 0.3) is 0 Å². The second-order valence-corrected chi connectivity index (χ2v) is 5.02. The molecule has 0 aliphatic carbocycles. The van der Waals surface area contributed by atoms with E-state index < -0.39 is 0 Å². The fraction of sp³-hybridized carbons (Fsp3) is 0.250. The van der Waals surface area contributed by atoms with Crippen molar-refractivity contribution in [3.63, 3.8) is 0 Å². The van der Waals surface area contributed by atoms with Crippen LogP contribution in [0.1, 0.15) is 24.1 Å². The molecular weight excluding hydrogens is 274 g/mol. The molecule has 2 rings (SSSR count). The fourth-order valence-corrected chi connectivity index (χ4v) is 2.24. The number of methoxy groups -OCH3 is 1. The summed E-state index contributed by atoms with van der Waals surface area (Å²) >= 11 is 6.09. The molecule has 0 heterocycles. The molecule has 0 unspecified atom stereocenters. The summed E-state index contributed by atoms with van der Waals surface area (Å²) in [6.07, 6.45) is 0. The van der Waals surface area contributed by atoms with Crippen molar-refractivity contribution in [2.75, 3.05) is 7.11 Å². The molecule has 20 heavy (non-hydrogen) atoms. The molecular formula is C16H18ClNO2. The molecule has 0 amide bonds. The van der Waals surface area contributed by atoms with E-state index in [1.807, 2.05) is 24.3 Å². The van der Waals surface area contributed by atoms with Crippen molar-refractivity contribution in [2.24, 2.45) is 0 Å². The molecule has 0 aromatic heterocycles. The van der Waals surface area contributed by atoms with Gasteiger partial charge in [-0.05, 0) is 36.8 Å². The predicted octanol–water partition coefficient (Wildman–Crippen LogP) is 3.91. The van der Waals surface area contributed by atoms with Crippen molar-refractivity contribution < 1.29 is 9.84 Å². The Hall–Kier alpha value is -1.71. The summed E-state index contributed by atoms with van der Waals surface area (Å²) in [6, 6.07) is 13.2. The lowest BCUT2D eigenvalue weighted by Crippen LogP contribution is -2.18. The van der Waals surface area contributed by atoms with Gasteiger partial charge in [0.25, 0.3) is 0 Å². The molecule has 0 spiro atoms. The van der Waals surface area contributed by atoms with Gasteiger partial charge in [0.05, 0.1) is 7.11 Å². The molecule has 0 saturated heterocycles. The van der Waals surface area contributed by atoms with Gasteiger partial charge in [-0.1, -0.05) is 29.8 Å². The van der Waals surface area contributed by atoms with E-state index in [1.165, 1.54) is 0 Å². The highest BCUT2D eigenvalue weighted by Crippen LogP contribution is 2.26. The second kappa shape index (κ2) is 6.64. The Morgan fingerprint density at radius 2 is 2.00 bits per heavy atom. The van der Waals surface area contributed by atoms with Crippen molar-refractivity contribution in [3.8, 4) is 11.5 Å². The summed E-state index contributed by atoms with van der Waals surface area (Å²) in [7, 11) is 1.65. The minimum Gasteiger partial charge on any atom is -0.508 e. The molecule has 106 valence electrons. The Kier molecular flexibility index (Phi) is 4.88. The maximum absolute atomic E-state index is 9.81. The number of benzene rings is 2. The molecule has 0 saturated carbocycles. The lowest BCUT2D eigenvalue weighted by molar-refractivity contribution is 0.413. The van der Waals surface area contributed by atoms with E-state index in [1.54, 1.807) is 25.3 Å². The van der Waals surface area contributed by atoms with E-state index in [0.29, 0.717) is 17.1 Å². The summed E-state index contributed by atoms with van der Waals surface area (Å²) in [5, 5.41) is 13.7. The first-order valence-electron chi connectivity index (χ1n) is 6.45. The minimum absolute atomic E-state index is 0.126. The predicted molar refractivity (Wildman–Crippen MR) is 81.4 cm³/mol. The maximum Gasteiger partial charge on any atom is 0.121 e. The summed E-state index contributed by atoms with van der Waals surface area (Å²) in [6.45, 7) is 2.56. The molecule has 0 aliphatic rings. The summed E-state index contributed by atoms with van der Waals surface area (Å²) in [4.78, 5) is 0. The number of aromatic hydroxyl groups is 1. The van der Waals surface area contributed by atoms with E-state index >= 15 is 0 Å². The number of nitrogens with one attached hydrogen (secondary N) is 1. The van der Waals surface area contributed by atoms with Gasteiger partial charge in [0, 0.05) is 23.2 Å². The van der Waals surface area contributed by atoms with E-state index in [9.17, 15) is 5.11 Å². The molecule has 0 aliphatic heterocycles. The van der Waals surface area contributed by atoms with Gasteiger partial charge in [-0.15, -0.1) is 0 Å². The lowest BCUT2D eigenvalue weighted by Gasteiger charge is -2.16. The number of halogens is 1.